The summed E-state index contributed by atoms with van der Waals surface area (Å²) in [7, 11) is -1.55. The molecule has 0 aliphatic rings. The Morgan fingerprint density at radius 2 is 2.00 bits per heavy atom. The predicted octanol–water partition coefficient (Wildman–Crippen LogP) is -0.542. The van der Waals surface area contributed by atoms with Crippen molar-refractivity contribution in [3.8, 4) is 0 Å². The van der Waals surface area contributed by atoms with Crippen LogP contribution in [-0.4, -0.2) is 14.2 Å². The molecular formula is C4H5N3OS. The summed E-state index contributed by atoms with van der Waals surface area (Å²) in [6.45, 7) is 0. The fourth-order valence-corrected chi connectivity index (χ4v) is 0.719. The zero-order valence-electron chi connectivity index (χ0n) is 4.52. The highest BCUT2D eigenvalue weighted by molar-refractivity contribution is 7.82. The second kappa shape index (κ2) is 2.65. The van der Waals surface area contributed by atoms with Crippen molar-refractivity contribution in [3.05, 3.63) is 18.5 Å². The van der Waals surface area contributed by atoms with E-state index in [1.165, 1.54) is 12.4 Å². The molecule has 0 saturated heterocycles. The molecule has 0 aliphatic heterocycles. The van der Waals surface area contributed by atoms with E-state index >= 15 is 0 Å². The van der Waals surface area contributed by atoms with Gasteiger partial charge >= 0.3 is 0 Å². The lowest BCUT2D eigenvalue weighted by Crippen LogP contribution is -2.06. The molecule has 1 aromatic heterocycles. The molecule has 0 aliphatic carbocycles. The van der Waals surface area contributed by atoms with Gasteiger partial charge in [0.1, 0.15) is 0 Å². The summed E-state index contributed by atoms with van der Waals surface area (Å²) in [6, 6.07) is 1.64. The number of nitrogens with two attached hydrogens (primary N) is 1. The quantitative estimate of drug-likeness (QED) is 0.537. The van der Waals surface area contributed by atoms with Crippen molar-refractivity contribution in [2.75, 3.05) is 0 Å². The summed E-state index contributed by atoms with van der Waals surface area (Å²) in [5.74, 6) is 0. The molecule has 5 heteroatoms. The van der Waals surface area contributed by atoms with Crippen molar-refractivity contribution >= 4 is 11.0 Å². The van der Waals surface area contributed by atoms with Crippen LogP contribution in [0.4, 0.5) is 0 Å². The Balaban J connectivity index is 2.98. The molecule has 1 aromatic rings. The van der Waals surface area contributed by atoms with Gasteiger partial charge in [-0.25, -0.2) is 19.3 Å². The fourth-order valence-electron chi connectivity index (χ4n) is 0.389. The SMILES string of the molecule is NS(=O)c1ncccn1. The van der Waals surface area contributed by atoms with Crippen LogP contribution in [0.15, 0.2) is 23.6 Å². The molecule has 0 aromatic carbocycles. The van der Waals surface area contributed by atoms with Crippen molar-refractivity contribution in [3.63, 3.8) is 0 Å². The van der Waals surface area contributed by atoms with Gasteiger partial charge in [-0.2, -0.15) is 0 Å². The Labute approximate surface area is 54.7 Å². The summed E-state index contributed by atoms with van der Waals surface area (Å²) < 4.78 is 10.4. The van der Waals surface area contributed by atoms with Crippen LogP contribution in [0.1, 0.15) is 0 Å². The minimum atomic E-state index is -1.55. The maximum atomic E-state index is 10.4. The Hall–Kier alpha value is -0.810. The average molecular weight is 143 g/mol. The molecule has 1 atom stereocenters. The fraction of sp³-hybridized carbons (Fsp3) is 0. The van der Waals surface area contributed by atoms with Gasteiger partial charge in [-0.15, -0.1) is 0 Å². The maximum Gasteiger partial charge on any atom is 0.233 e. The van der Waals surface area contributed by atoms with Gasteiger partial charge < -0.3 is 0 Å². The number of nitrogens with zero attached hydrogens (tertiary/aromatic N) is 2. The van der Waals surface area contributed by atoms with E-state index < -0.39 is 11.0 Å². The van der Waals surface area contributed by atoms with Crippen LogP contribution >= 0.6 is 0 Å². The molecule has 9 heavy (non-hydrogen) atoms. The van der Waals surface area contributed by atoms with Crippen LogP contribution in [0.3, 0.4) is 0 Å². The monoisotopic (exact) mass is 143 g/mol. The molecular weight excluding hydrogens is 138 g/mol. The number of rotatable bonds is 1. The summed E-state index contributed by atoms with van der Waals surface area (Å²) >= 11 is 0. The van der Waals surface area contributed by atoms with E-state index in [0.29, 0.717) is 0 Å². The Morgan fingerprint density at radius 3 is 2.33 bits per heavy atom. The molecule has 1 rings (SSSR count). The maximum absolute atomic E-state index is 10.4. The van der Waals surface area contributed by atoms with E-state index in [1.807, 2.05) is 0 Å². The third-order valence-electron chi connectivity index (χ3n) is 0.722. The minimum absolute atomic E-state index is 0.164. The molecule has 48 valence electrons. The van der Waals surface area contributed by atoms with Gasteiger partial charge in [0.15, 0.2) is 11.0 Å². The highest BCUT2D eigenvalue weighted by atomic mass is 32.2. The van der Waals surface area contributed by atoms with Crippen molar-refractivity contribution in [1.29, 1.82) is 0 Å². The third-order valence-corrected chi connectivity index (χ3v) is 1.29. The third kappa shape index (κ3) is 1.55. The first-order valence-corrected chi connectivity index (χ1v) is 3.45. The first-order valence-electron chi connectivity index (χ1n) is 2.24. The van der Waals surface area contributed by atoms with E-state index in [0.717, 1.165) is 0 Å². The lowest BCUT2D eigenvalue weighted by atomic mass is 10.7. The predicted molar refractivity (Wildman–Crippen MR) is 32.6 cm³/mol. The zero-order valence-corrected chi connectivity index (χ0v) is 5.34. The second-order valence-electron chi connectivity index (χ2n) is 1.33. The van der Waals surface area contributed by atoms with Crippen LogP contribution in [-0.2, 0) is 11.0 Å². The largest absolute Gasteiger partial charge is 0.245 e. The highest BCUT2D eigenvalue weighted by Gasteiger charge is 1.95. The molecule has 1 heterocycles. The van der Waals surface area contributed by atoms with Crippen LogP contribution in [0.25, 0.3) is 0 Å². The lowest BCUT2D eigenvalue weighted by molar-refractivity contribution is 0.677. The van der Waals surface area contributed by atoms with Gasteiger partial charge in [-0.3, -0.25) is 0 Å². The van der Waals surface area contributed by atoms with Gasteiger partial charge in [0.25, 0.3) is 0 Å². The van der Waals surface area contributed by atoms with E-state index in [1.54, 1.807) is 6.07 Å². The molecule has 0 amide bonds. The Kier molecular flexibility index (Phi) is 1.86. The molecule has 0 saturated carbocycles. The van der Waals surface area contributed by atoms with Crippen LogP contribution in [0, 0.1) is 0 Å². The average Bonchev–Trinajstić information content (AvgIpc) is 1.90. The molecule has 0 bridgehead atoms. The smallest absolute Gasteiger partial charge is 0.233 e. The molecule has 4 nitrogen and oxygen atoms in total. The summed E-state index contributed by atoms with van der Waals surface area (Å²) in [6.07, 6.45) is 2.99. The van der Waals surface area contributed by atoms with Crippen LogP contribution < -0.4 is 5.14 Å². The minimum Gasteiger partial charge on any atom is -0.245 e. The normalized spacial score (nSPS) is 13.0. The summed E-state index contributed by atoms with van der Waals surface area (Å²) in [4.78, 5) is 7.28. The number of hydrogen-bond acceptors (Lipinski definition) is 3. The lowest BCUT2D eigenvalue weighted by Gasteiger charge is -1.88. The Morgan fingerprint density at radius 1 is 1.44 bits per heavy atom. The second-order valence-corrected chi connectivity index (χ2v) is 2.29. The summed E-state index contributed by atoms with van der Waals surface area (Å²) in [5, 5.41) is 5.13. The van der Waals surface area contributed by atoms with Gasteiger partial charge in [0.05, 0.1) is 0 Å². The number of hydrogen-bond donors (Lipinski definition) is 1. The Bertz CT molecular complexity index is 212. The van der Waals surface area contributed by atoms with E-state index in [2.05, 4.69) is 9.97 Å². The highest BCUT2D eigenvalue weighted by Crippen LogP contribution is 1.87. The molecule has 1 unspecified atom stereocenters. The van der Waals surface area contributed by atoms with Gasteiger partial charge in [0.2, 0.25) is 5.16 Å². The summed E-state index contributed by atoms with van der Waals surface area (Å²) in [5.41, 5.74) is 0. The molecule has 0 radical (unpaired) electrons. The van der Waals surface area contributed by atoms with Gasteiger partial charge in [-0.1, -0.05) is 0 Å². The first kappa shape index (κ1) is 6.31. The van der Waals surface area contributed by atoms with Gasteiger partial charge in [0, 0.05) is 12.4 Å². The molecule has 0 spiro atoms. The topological polar surface area (TPSA) is 68.9 Å². The molecule has 2 N–H and O–H groups in total. The zero-order chi connectivity index (χ0) is 6.69. The van der Waals surface area contributed by atoms with Crippen molar-refractivity contribution < 1.29 is 4.21 Å². The van der Waals surface area contributed by atoms with E-state index in [-0.39, 0.29) is 5.16 Å². The van der Waals surface area contributed by atoms with Crippen molar-refractivity contribution in [1.82, 2.24) is 9.97 Å². The number of aromatic nitrogens is 2. The van der Waals surface area contributed by atoms with Gasteiger partial charge in [-0.05, 0) is 6.07 Å². The van der Waals surface area contributed by atoms with Crippen molar-refractivity contribution in [2.24, 2.45) is 5.14 Å². The first-order chi connectivity index (χ1) is 4.30. The van der Waals surface area contributed by atoms with Crippen LogP contribution in [0.5, 0.6) is 0 Å². The van der Waals surface area contributed by atoms with E-state index in [4.69, 9.17) is 5.14 Å². The van der Waals surface area contributed by atoms with E-state index in [9.17, 15) is 4.21 Å². The van der Waals surface area contributed by atoms with Crippen molar-refractivity contribution in [2.45, 2.75) is 5.16 Å². The molecule has 0 fully saturated rings. The standard InChI is InChI=1S/C4H5N3OS/c5-9(8)4-6-2-1-3-7-4/h1-3H,5H2. The van der Waals surface area contributed by atoms with Crippen LogP contribution in [0.2, 0.25) is 0 Å².